The maximum atomic E-state index is 12.3. The minimum atomic E-state index is -0.714. The number of benzene rings is 2. The van der Waals surface area contributed by atoms with Crippen molar-refractivity contribution in [1.82, 2.24) is 14.5 Å². The minimum absolute atomic E-state index is 0.110. The molecule has 1 amide bonds. The van der Waals surface area contributed by atoms with Crippen molar-refractivity contribution in [1.29, 1.82) is 0 Å². The zero-order valence-corrected chi connectivity index (χ0v) is 20.7. The molecule has 2 heterocycles. The Hall–Kier alpha value is -3.35. The standard InChI is InChI=1S/C28H33N3O4/c1-17-6-4-5-7-20(17)14-18(2)31-24-11-10-19-12-13-30(28(34)35-3)16-23(19)25(24)29-26(31)21-8-9-22(15-21)27(32)33/h4-7,10-11,18,21-22H,8-9,12-16H2,1-3H3,(H,32,33)/t18-,21?,22-/m1/s1. The zero-order chi connectivity index (χ0) is 24.7. The van der Waals surface area contributed by atoms with Crippen LogP contribution in [0.5, 0.6) is 0 Å². The van der Waals surface area contributed by atoms with E-state index in [0.29, 0.717) is 25.9 Å². The van der Waals surface area contributed by atoms with Crippen LogP contribution in [0.4, 0.5) is 4.79 Å². The van der Waals surface area contributed by atoms with Crippen LogP contribution in [-0.2, 0) is 28.9 Å². The number of aromatic nitrogens is 2. The summed E-state index contributed by atoms with van der Waals surface area (Å²) < 4.78 is 7.32. The predicted octanol–water partition coefficient (Wildman–Crippen LogP) is 5.24. The van der Waals surface area contributed by atoms with E-state index in [1.165, 1.54) is 23.8 Å². The van der Waals surface area contributed by atoms with Gasteiger partial charge >= 0.3 is 12.1 Å². The number of nitrogens with zero attached hydrogens (tertiary/aromatic N) is 3. The Morgan fingerprint density at radius 1 is 1.20 bits per heavy atom. The smallest absolute Gasteiger partial charge is 0.409 e. The first-order chi connectivity index (χ1) is 16.9. The van der Waals surface area contributed by atoms with Gasteiger partial charge in [-0.25, -0.2) is 9.78 Å². The van der Waals surface area contributed by atoms with Gasteiger partial charge in [0.2, 0.25) is 0 Å². The fraction of sp³-hybridized carbons (Fsp3) is 0.464. The molecule has 7 heteroatoms. The SMILES string of the molecule is COC(=O)N1CCc2ccc3c(nc(C4CC[C@@H](C(=O)O)C4)n3[C@H](C)Cc3ccccc3C)c2C1. The monoisotopic (exact) mass is 475 g/mol. The first-order valence-electron chi connectivity index (χ1n) is 12.5. The Balaban J connectivity index is 1.60. The summed E-state index contributed by atoms with van der Waals surface area (Å²) in [6.45, 7) is 5.47. The molecule has 35 heavy (non-hydrogen) atoms. The lowest BCUT2D eigenvalue weighted by Crippen LogP contribution is -2.35. The molecule has 1 unspecified atom stereocenters. The average molecular weight is 476 g/mol. The van der Waals surface area contributed by atoms with E-state index in [1.54, 1.807) is 4.90 Å². The largest absolute Gasteiger partial charge is 0.481 e. The van der Waals surface area contributed by atoms with Crippen molar-refractivity contribution in [2.24, 2.45) is 5.92 Å². The number of carbonyl (C=O) groups is 2. The number of carbonyl (C=O) groups excluding carboxylic acids is 1. The Bertz CT molecular complexity index is 1280. The van der Waals surface area contributed by atoms with Gasteiger partial charge in [0.05, 0.1) is 30.6 Å². The van der Waals surface area contributed by atoms with Gasteiger partial charge in [0.1, 0.15) is 5.82 Å². The Morgan fingerprint density at radius 2 is 2.00 bits per heavy atom. The fourth-order valence-corrected chi connectivity index (χ4v) is 5.94. The molecular formula is C28H33N3O4. The fourth-order valence-electron chi connectivity index (χ4n) is 5.94. The van der Waals surface area contributed by atoms with Crippen LogP contribution in [-0.4, -0.2) is 45.3 Å². The highest BCUT2D eigenvalue weighted by Gasteiger charge is 2.35. The van der Waals surface area contributed by atoms with Gasteiger partial charge in [-0.1, -0.05) is 30.3 Å². The highest BCUT2D eigenvalue weighted by atomic mass is 16.5. The van der Waals surface area contributed by atoms with E-state index in [2.05, 4.69) is 54.8 Å². The highest BCUT2D eigenvalue weighted by Crippen LogP contribution is 2.41. The molecule has 0 radical (unpaired) electrons. The van der Waals surface area contributed by atoms with Crippen LogP contribution >= 0.6 is 0 Å². The lowest BCUT2D eigenvalue weighted by Gasteiger charge is -2.28. The number of aryl methyl sites for hydroxylation is 1. The number of rotatable bonds is 5. The van der Waals surface area contributed by atoms with Crippen LogP contribution in [0, 0.1) is 12.8 Å². The summed E-state index contributed by atoms with van der Waals surface area (Å²) in [5.74, 6) is 0.0603. The Morgan fingerprint density at radius 3 is 2.71 bits per heavy atom. The van der Waals surface area contributed by atoms with Gasteiger partial charge < -0.3 is 19.3 Å². The second-order valence-corrected chi connectivity index (χ2v) is 10.1. The van der Waals surface area contributed by atoms with Crippen LogP contribution in [0.3, 0.4) is 0 Å². The van der Waals surface area contributed by atoms with Crippen molar-refractivity contribution in [3.8, 4) is 0 Å². The molecule has 184 valence electrons. The number of carboxylic acid groups (broad SMARTS) is 1. The number of aliphatic carboxylic acids is 1. The van der Waals surface area contributed by atoms with Crippen molar-refractivity contribution in [2.75, 3.05) is 13.7 Å². The number of carboxylic acids is 1. The van der Waals surface area contributed by atoms with Gasteiger partial charge in [-0.2, -0.15) is 0 Å². The first-order valence-corrected chi connectivity index (χ1v) is 12.5. The average Bonchev–Trinajstić information content (AvgIpc) is 3.50. The summed E-state index contributed by atoms with van der Waals surface area (Å²) in [5, 5.41) is 9.61. The third-order valence-corrected chi connectivity index (χ3v) is 7.89. The molecule has 3 atom stereocenters. The summed E-state index contributed by atoms with van der Waals surface area (Å²) in [7, 11) is 1.41. The van der Waals surface area contributed by atoms with Crippen LogP contribution in [0.25, 0.3) is 11.0 Å². The number of amides is 1. The van der Waals surface area contributed by atoms with Gasteiger partial charge in [0.25, 0.3) is 0 Å². The zero-order valence-electron chi connectivity index (χ0n) is 20.7. The number of imidazole rings is 1. The molecule has 0 bridgehead atoms. The molecule has 0 spiro atoms. The number of methoxy groups -OCH3 is 1. The third kappa shape index (κ3) is 4.28. The van der Waals surface area contributed by atoms with E-state index in [9.17, 15) is 14.7 Å². The molecule has 0 saturated heterocycles. The molecule has 1 aliphatic heterocycles. The Kier molecular flexibility index (Phi) is 6.26. The quantitative estimate of drug-likeness (QED) is 0.545. The van der Waals surface area contributed by atoms with Gasteiger partial charge in [0, 0.05) is 24.1 Å². The molecule has 1 fully saturated rings. The van der Waals surface area contributed by atoms with E-state index in [4.69, 9.17) is 9.72 Å². The predicted molar refractivity (Wildman–Crippen MR) is 134 cm³/mol. The summed E-state index contributed by atoms with van der Waals surface area (Å²) in [4.78, 5) is 30.9. The van der Waals surface area contributed by atoms with E-state index in [1.807, 2.05) is 0 Å². The van der Waals surface area contributed by atoms with E-state index in [0.717, 1.165) is 41.7 Å². The highest BCUT2D eigenvalue weighted by molar-refractivity contribution is 5.82. The van der Waals surface area contributed by atoms with Crippen molar-refractivity contribution in [3.63, 3.8) is 0 Å². The number of ether oxygens (including phenoxy) is 1. The third-order valence-electron chi connectivity index (χ3n) is 7.89. The molecule has 3 aromatic rings. The molecule has 2 aliphatic rings. The molecule has 2 aromatic carbocycles. The van der Waals surface area contributed by atoms with Crippen LogP contribution in [0.1, 0.15) is 66.2 Å². The van der Waals surface area contributed by atoms with Gasteiger partial charge in [-0.3, -0.25) is 4.79 Å². The number of hydrogen-bond acceptors (Lipinski definition) is 4. The van der Waals surface area contributed by atoms with Crippen molar-refractivity contribution in [3.05, 3.63) is 64.5 Å². The molecule has 1 aliphatic carbocycles. The minimum Gasteiger partial charge on any atom is -0.481 e. The van der Waals surface area contributed by atoms with E-state index < -0.39 is 5.97 Å². The second-order valence-electron chi connectivity index (χ2n) is 10.1. The lowest BCUT2D eigenvalue weighted by atomic mass is 9.98. The van der Waals surface area contributed by atoms with Crippen LogP contribution in [0.2, 0.25) is 0 Å². The van der Waals surface area contributed by atoms with E-state index >= 15 is 0 Å². The first kappa shape index (κ1) is 23.4. The summed E-state index contributed by atoms with van der Waals surface area (Å²) >= 11 is 0. The summed E-state index contributed by atoms with van der Waals surface area (Å²) in [5.41, 5.74) is 6.86. The molecule has 1 aromatic heterocycles. The van der Waals surface area contributed by atoms with Gasteiger partial charge in [-0.15, -0.1) is 0 Å². The van der Waals surface area contributed by atoms with Gasteiger partial charge in [0.15, 0.2) is 0 Å². The van der Waals surface area contributed by atoms with Crippen LogP contribution in [0.15, 0.2) is 36.4 Å². The molecule has 1 N–H and O–H groups in total. The topological polar surface area (TPSA) is 84.7 Å². The van der Waals surface area contributed by atoms with Crippen molar-refractivity contribution in [2.45, 2.75) is 64.5 Å². The van der Waals surface area contributed by atoms with E-state index in [-0.39, 0.29) is 24.0 Å². The maximum Gasteiger partial charge on any atom is 0.409 e. The summed E-state index contributed by atoms with van der Waals surface area (Å²) in [6, 6.07) is 12.9. The van der Waals surface area contributed by atoms with Crippen molar-refractivity contribution >= 4 is 23.1 Å². The Labute approximate surface area is 205 Å². The van der Waals surface area contributed by atoms with Crippen LogP contribution < -0.4 is 0 Å². The normalized spacial score (nSPS) is 20.6. The molecule has 5 rings (SSSR count). The second kappa shape index (κ2) is 9.36. The number of fused-ring (bicyclic) bond motifs is 3. The van der Waals surface area contributed by atoms with Gasteiger partial charge in [-0.05, 0) is 68.7 Å². The molecule has 1 saturated carbocycles. The lowest BCUT2D eigenvalue weighted by molar-refractivity contribution is -0.141. The summed E-state index contributed by atoms with van der Waals surface area (Å²) in [6.07, 6.45) is 3.45. The van der Waals surface area contributed by atoms with Crippen molar-refractivity contribution < 1.29 is 19.4 Å². The number of hydrogen-bond donors (Lipinski definition) is 1. The maximum absolute atomic E-state index is 12.3. The molecular weight excluding hydrogens is 442 g/mol. The molecule has 7 nitrogen and oxygen atoms in total.